The van der Waals surface area contributed by atoms with Gasteiger partial charge in [-0.1, -0.05) is 48.0 Å². The van der Waals surface area contributed by atoms with E-state index in [1.807, 2.05) is 24.3 Å². The van der Waals surface area contributed by atoms with Crippen molar-refractivity contribution in [3.8, 4) is 5.75 Å². The number of fused-ring (bicyclic) bond motifs is 1. The van der Waals surface area contributed by atoms with Gasteiger partial charge in [0.05, 0.1) is 11.6 Å². The minimum absolute atomic E-state index is 0.132. The topological polar surface area (TPSA) is 53.5 Å². The summed E-state index contributed by atoms with van der Waals surface area (Å²) >= 11 is 6.12. The van der Waals surface area contributed by atoms with Crippen molar-refractivity contribution < 1.29 is 14.2 Å². The number of aliphatic hydroxyl groups excluding tert-OH is 1. The molecule has 0 aromatic heterocycles. The average Bonchev–Trinajstić information content (AvgIpc) is 2.70. The van der Waals surface area contributed by atoms with Crippen molar-refractivity contribution in [2.24, 2.45) is 0 Å². The van der Waals surface area contributed by atoms with Gasteiger partial charge in [0.15, 0.2) is 0 Å². The molecule has 0 aliphatic heterocycles. The summed E-state index contributed by atoms with van der Waals surface area (Å²) in [5.74, 6) is 0.411. The van der Waals surface area contributed by atoms with Crippen LogP contribution < -0.4 is 15.4 Å². The van der Waals surface area contributed by atoms with Gasteiger partial charge in [0.2, 0.25) is 0 Å². The summed E-state index contributed by atoms with van der Waals surface area (Å²) in [5.41, 5.74) is 1.81. The van der Waals surface area contributed by atoms with E-state index in [2.05, 4.69) is 22.8 Å². The Morgan fingerprint density at radius 1 is 0.964 bits per heavy atom. The van der Waals surface area contributed by atoms with Crippen molar-refractivity contribution in [1.82, 2.24) is 10.6 Å². The van der Waals surface area contributed by atoms with Gasteiger partial charge in [0, 0.05) is 37.3 Å². The molecule has 0 radical (unpaired) electrons. The summed E-state index contributed by atoms with van der Waals surface area (Å²) in [7, 11) is 0. The molecular weight excluding hydrogens is 379 g/mol. The SMILES string of the molecule is OCCNCCNCc1c(OCc2ccc(F)cc2Cl)ccc2ccccc12. The summed E-state index contributed by atoms with van der Waals surface area (Å²) in [6.45, 7) is 3.17. The lowest BCUT2D eigenvalue weighted by molar-refractivity contribution is 0.292. The Kier molecular flexibility index (Phi) is 7.62. The molecule has 0 amide bonds. The zero-order valence-electron chi connectivity index (χ0n) is 15.6. The first kappa shape index (κ1) is 20.6. The number of benzene rings is 3. The summed E-state index contributed by atoms with van der Waals surface area (Å²) in [6.07, 6.45) is 0. The van der Waals surface area contributed by atoms with E-state index in [0.717, 1.165) is 40.7 Å². The number of hydrogen-bond acceptors (Lipinski definition) is 4. The van der Waals surface area contributed by atoms with Crippen LogP contribution in [0.2, 0.25) is 5.02 Å². The van der Waals surface area contributed by atoms with Crippen LogP contribution in [0.1, 0.15) is 11.1 Å². The van der Waals surface area contributed by atoms with Crippen molar-refractivity contribution in [3.05, 3.63) is 76.6 Å². The predicted octanol–water partition coefficient (Wildman–Crippen LogP) is 3.88. The minimum Gasteiger partial charge on any atom is -0.488 e. The van der Waals surface area contributed by atoms with Crippen LogP contribution in [0.4, 0.5) is 4.39 Å². The van der Waals surface area contributed by atoms with Gasteiger partial charge in [-0.25, -0.2) is 4.39 Å². The quantitative estimate of drug-likeness (QED) is 0.450. The lowest BCUT2D eigenvalue weighted by Gasteiger charge is -2.16. The summed E-state index contributed by atoms with van der Waals surface area (Å²) in [4.78, 5) is 0. The second-order valence-electron chi connectivity index (χ2n) is 6.44. The molecule has 148 valence electrons. The molecule has 0 aliphatic rings. The Hall–Kier alpha value is -2.18. The van der Waals surface area contributed by atoms with Crippen LogP contribution in [0.25, 0.3) is 10.8 Å². The number of hydrogen-bond donors (Lipinski definition) is 3. The van der Waals surface area contributed by atoms with Gasteiger partial charge in [0.1, 0.15) is 18.2 Å². The second-order valence-corrected chi connectivity index (χ2v) is 6.85. The maximum Gasteiger partial charge on any atom is 0.124 e. The first-order chi connectivity index (χ1) is 13.7. The van der Waals surface area contributed by atoms with Crippen LogP contribution in [0.5, 0.6) is 5.75 Å². The molecular formula is C22H24ClFN2O2. The van der Waals surface area contributed by atoms with Gasteiger partial charge in [-0.2, -0.15) is 0 Å². The maximum absolute atomic E-state index is 13.2. The third-order valence-electron chi connectivity index (χ3n) is 4.46. The lowest BCUT2D eigenvalue weighted by atomic mass is 10.0. The van der Waals surface area contributed by atoms with Gasteiger partial charge >= 0.3 is 0 Å². The van der Waals surface area contributed by atoms with Crippen molar-refractivity contribution >= 4 is 22.4 Å². The summed E-state index contributed by atoms with van der Waals surface area (Å²) < 4.78 is 19.3. The fourth-order valence-electron chi connectivity index (χ4n) is 3.02. The van der Waals surface area contributed by atoms with E-state index in [9.17, 15) is 4.39 Å². The van der Waals surface area contributed by atoms with Crippen LogP contribution in [0.3, 0.4) is 0 Å². The third kappa shape index (κ3) is 5.42. The van der Waals surface area contributed by atoms with Crippen molar-refractivity contribution in [2.45, 2.75) is 13.2 Å². The highest BCUT2D eigenvalue weighted by molar-refractivity contribution is 6.31. The Labute approximate surface area is 169 Å². The molecule has 28 heavy (non-hydrogen) atoms. The highest BCUT2D eigenvalue weighted by Crippen LogP contribution is 2.29. The zero-order valence-corrected chi connectivity index (χ0v) is 16.3. The number of nitrogens with one attached hydrogen (secondary N) is 2. The molecule has 3 aromatic carbocycles. The number of rotatable bonds is 10. The third-order valence-corrected chi connectivity index (χ3v) is 4.82. The van der Waals surface area contributed by atoms with E-state index in [1.54, 1.807) is 6.07 Å². The van der Waals surface area contributed by atoms with Crippen LogP contribution in [0.15, 0.2) is 54.6 Å². The molecule has 0 saturated carbocycles. The molecule has 3 rings (SSSR count). The largest absolute Gasteiger partial charge is 0.488 e. The molecule has 3 aromatic rings. The number of aliphatic hydroxyl groups is 1. The molecule has 4 nitrogen and oxygen atoms in total. The smallest absolute Gasteiger partial charge is 0.124 e. The normalized spacial score (nSPS) is 11.1. The molecule has 0 aliphatic carbocycles. The zero-order chi connectivity index (χ0) is 19.8. The van der Waals surface area contributed by atoms with Gasteiger partial charge in [0.25, 0.3) is 0 Å². The van der Waals surface area contributed by atoms with E-state index < -0.39 is 0 Å². The first-order valence-electron chi connectivity index (χ1n) is 9.28. The van der Waals surface area contributed by atoms with E-state index in [-0.39, 0.29) is 19.0 Å². The van der Waals surface area contributed by atoms with Gasteiger partial charge in [-0.15, -0.1) is 0 Å². The van der Waals surface area contributed by atoms with Crippen LogP contribution in [-0.4, -0.2) is 31.3 Å². The minimum atomic E-state index is -0.362. The Balaban J connectivity index is 1.74. The lowest BCUT2D eigenvalue weighted by Crippen LogP contribution is -2.29. The number of ether oxygens (including phenoxy) is 1. The Morgan fingerprint density at radius 3 is 2.61 bits per heavy atom. The van der Waals surface area contributed by atoms with Crippen molar-refractivity contribution in [1.29, 1.82) is 0 Å². The Bertz CT molecular complexity index is 920. The maximum atomic E-state index is 13.2. The standard InChI is InChI=1S/C22H24ClFN2O2/c23-21-13-18(24)7-5-17(21)15-28-22-8-6-16-3-1-2-4-19(16)20(22)14-26-10-9-25-11-12-27/h1-8,13,25-27H,9-12,14-15H2. The summed E-state index contributed by atoms with van der Waals surface area (Å²) in [6, 6.07) is 16.5. The molecule has 6 heteroatoms. The molecule has 0 atom stereocenters. The highest BCUT2D eigenvalue weighted by atomic mass is 35.5. The fraction of sp³-hybridized carbons (Fsp3) is 0.273. The monoisotopic (exact) mass is 402 g/mol. The van der Waals surface area contributed by atoms with E-state index >= 15 is 0 Å². The molecule has 3 N–H and O–H groups in total. The van der Waals surface area contributed by atoms with Crippen LogP contribution >= 0.6 is 11.6 Å². The van der Waals surface area contributed by atoms with Crippen molar-refractivity contribution in [2.75, 3.05) is 26.2 Å². The van der Waals surface area contributed by atoms with Gasteiger partial charge in [-0.05, 0) is 29.0 Å². The van der Waals surface area contributed by atoms with Gasteiger partial charge in [-0.3, -0.25) is 0 Å². The van der Waals surface area contributed by atoms with E-state index in [1.165, 1.54) is 12.1 Å². The highest BCUT2D eigenvalue weighted by Gasteiger charge is 2.10. The molecule has 0 fully saturated rings. The Morgan fingerprint density at radius 2 is 1.79 bits per heavy atom. The molecule has 0 spiro atoms. The van der Waals surface area contributed by atoms with Crippen molar-refractivity contribution in [3.63, 3.8) is 0 Å². The average molecular weight is 403 g/mol. The van der Waals surface area contributed by atoms with E-state index in [4.69, 9.17) is 21.4 Å². The first-order valence-corrected chi connectivity index (χ1v) is 9.66. The van der Waals surface area contributed by atoms with E-state index in [0.29, 0.717) is 18.1 Å². The van der Waals surface area contributed by atoms with Crippen LogP contribution in [0, 0.1) is 5.82 Å². The molecule has 0 bridgehead atoms. The number of halogens is 2. The fourth-order valence-corrected chi connectivity index (χ4v) is 3.24. The van der Waals surface area contributed by atoms with Gasteiger partial charge < -0.3 is 20.5 Å². The van der Waals surface area contributed by atoms with Crippen LogP contribution in [-0.2, 0) is 13.2 Å². The molecule has 0 heterocycles. The summed E-state index contributed by atoms with van der Waals surface area (Å²) in [5, 5.41) is 18.0. The predicted molar refractivity (Wildman–Crippen MR) is 111 cm³/mol. The molecule has 0 unspecified atom stereocenters. The molecule has 0 saturated heterocycles. The second kappa shape index (κ2) is 10.4.